The fourth-order valence-corrected chi connectivity index (χ4v) is 1.67. The zero-order valence-corrected chi connectivity index (χ0v) is 9.32. The molecule has 0 spiro atoms. The fourth-order valence-electron chi connectivity index (χ4n) is 1.67. The first-order chi connectivity index (χ1) is 7.25. The van der Waals surface area contributed by atoms with Gasteiger partial charge in [0.25, 0.3) is 0 Å². The largest absolute Gasteiger partial charge is 0.486 e. The van der Waals surface area contributed by atoms with Crippen molar-refractivity contribution >= 4 is 0 Å². The average Bonchev–Trinajstić information content (AvgIpc) is 2.26. The van der Waals surface area contributed by atoms with E-state index in [9.17, 15) is 0 Å². The van der Waals surface area contributed by atoms with Crippen LogP contribution in [0.4, 0.5) is 0 Å². The topological polar surface area (TPSA) is 18.5 Å². The molecule has 1 atom stereocenters. The number of hydrogen-bond acceptors (Lipinski definition) is 2. The van der Waals surface area contributed by atoms with Crippen molar-refractivity contribution in [2.75, 3.05) is 6.61 Å². The number of benzene rings is 1. The summed E-state index contributed by atoms with van der Waals surface area (Å²) < 4.78 is 11.4. The van der Waals surface area contributed by atoms with Gasteiger partial charge in [-0.3, -0.25) is 0 Å². The van der Waals surface area contributed by atoms with E-state index in [1.54, 1.807) is 0 Å². The van der Waals surface area contributed by atoms with Gasteiger partial charge in [0.1, 0.15) is 12.7 Å². The molecule has 2 heteroatoms. The van der Waals surface area contributed by atoms with E-state index in [1.165, 1.54) is 6.42 Å². The molecular formula is C13H17O2. The predicted molar refractivity (Wildman–Crippen MR) is 59.3 cm³/mol. The molecule has 1 aliphatic heterocycles. The molecule has 1 aliphatic rings. The smallest absolute Gasteiger partial charge is 0.162 e. The van der Waals surface area contributed by atoms with Crippen molar-refractivity contribution in [1.82, 2.24) is 0 Å². The standard InChI is InChI=1S/C13H17O2/c1-10(2)7-8-11-9-14-12-5-3-4-6-13(12)15-11/h4-6,10-11H,7-9H2,1-2H3. The highest BCUT2D eigenvalue weighted by molar-refractivity contribution is 5.40. The molecule has 2 nitrogen and oxygen atoms in total. The van der Waals surface area contributed by atoms with Gasteiger partial charge in [0.2, 0.25) is 0 Å². The Hall–Kier alpha value is -1.18. The van der Waals surface area contributed by atoms with Crippen LogP contribution in [0.5, 0.6) is 11.5 Å². The summed E-state index contributed by atoms with van der Waals surface area (Å²) >= 11 is 0. The Morgan fingerprint density at radius 3 is 3.13 bits per heavy atom. The minimum absolute atomic E-state index is 0.210. The van der Waals surface area contributed by atoms with Crippen LogP contribution in [-0.2, 0) is 0 Å². The highest BCUT2D eigenvalue weighted by atomic mass is 16.6. The number of fused-ring (bicyclic) bond motifs is 1. The lowest BCUT2D eigenvalue weighted by Crippen LogP contribution is -2.29. The molecule has 2 rings (SSSR count). The maximum atomic E-state index is 5.84. The molecule has 81 valence electrons. The van der Waals surface area contributed by atoms with Crippen LogP contribution < -0.4 is 9.47 Å². The molecule has 1 aromatic carbocycles. The second-order valence-corrected chi connectivity index (χ2v) is 4.39. The van der Waals surface area contributed by atoms with Gasteiger partial charge in [-0.05, 0) is 37.0 Å². The van der Waals surface area contributed by atoms with Crippen LogP contribution in [0.2, 0.25) is 0 Å². The summed E-state index contributed by atoms with van der Waals surface area (Å²) in [6.07, 6.45) is 2.46. The number of rotatable bonds is 3. The molecule has 0 fully saturated rings. The summed E-state index contributed by atoms with van der Waals surface area (Å²) in [5.74, 6) is 2.39. The van der Waals surface area contributed by atoms with E-state index < -0.39 is 0 Å². The minimum atomic E-state index is 0.210. The zero-order valence-electron chi connectivity index (χ0n) is 9.32. The SMILES string of the molecule is CC(C)CCC1COc2c[c]ccc2O1. The first-order valence-electron chi connectivity index (χ1n) is 5.55. The van der Waals surface area contributed by atoms with Gasteiger partial charge in [-0.15, -0.1) is 0 Å². The van der Waals surface area contributed by atoms with Gasteiger partial charge in [0.05, 0.1) is 0 Å². The lowest BCUT2D eigenvalue weighted by Gasteiger charge is -2.26. The third kappa shape index (κ3) is 2.65. The van der Waals surface area contributed by atoms with E-state index in [0.29, 0.717) is 6.61 Å². The lowest BCUT2D eigenvalue weighted by molar-refractivity contribution is 0.0808. The Bertz CT molecular complexity index is 320. The summed E-state index contributed by atoms with van der Waals surface area (Å²) in [5, 5.41) is 0. The molecule has 1 unspecified atom stereocenters. The van der Waals surface area contributed by atoms with Gasteiger partial charge in [-0.2, -0.15) is 0 Å². The Balaban J connectivity index is 1.94. The molecule has 0 aromatic heterocycles. The molecule has 0 saturated heterocycles. The van der Waals surface area contributed by atoms with Crippen molar-refractivity contribution in [1.29, 1.82) is 0 Å². The second kappa shape index (κ2) is 4.56. The van der Waals surface area contributed by atoms with Gasteiger partial charge in [-0.25, -0.2) is 0 Å². The van der Waals surface area contributed by atoms with Crippen LogP contribution in [-0.4, -0.2) is 12.7 Å². The lowest BCUT2D eigenvalue weighted by atomic mass is 10.0. The molecule has 1 radical (unpaired) electrons. The maximum Gasteiger partial charge on any atom is 0.162 e. The molecule has 0 amide bonds. The van der Waals surface area contributed by atoms with Crippen molar-refractivity contribution in [2.24, 2.45) is 5.92 Å². The summed E-state index contributed by atoms with van der Waals surface area (Å²) in [6, 6.07) is 8.58. The van der Waals surface area contributed by atoms with E-state index in [2.05, 4.69) is 19.9 Å². The average molecular weight is 205 g/mol. The molecule has 0 N–H and O–H groups in total. The van der Waals surface area contributed by atoms with Crippen LogP contribution in [0.3, 0.4) is 0 Å². The molecule has 1 heterocycles. The van der Waals surface area contributed by atoms with E-state index in [0.717, 1.165) is 23.8 Å². The molecule has 1 aromatic rings. The predicted octanol–water partition coefficient (Wildman–Crippen LogP) is 3.06. The van der Waals surface area contributed by atoms with Crippen molar-refractivity contribution in [3.8, 4) is 11.5 Å². The van der Waals surface area contributed by atoms with Crippen molar-refractivity contribution < 1.29 is 9.47 Å². The fraction of sp³-hybridized carbons (Fsp3) is 0.538. The summed E-state index contributed by atoms with van der Waals surface area (Å²) in [7, 11) is 0. The quantitative estimate of drug-likeness (QED) is 0.755. The molecule has 0 aliphatic carbocycles. The third-order valence-electron chi connectivity index (χ3n) is 2.57. The Kier molecular flexibility index (Phi) is 3.14. The van der Waals surface area contributed by atoms with Crippen molar-refractivity contribution in [3.05, 3.63) is 24.3 Å². The van der Waals surface area contributed by atoms with Crippen LogP contribution >= 0.6 is 0 Å². The second-order valence-electron chi connectivity index (χ2n) is 4.39. The van der Waals surface area contributed by atoms with Crippen LogP contribution in [0.15, 0.2) is 18.2 Å². The normalized spacial score (nSPS) is 19.3. The molecule has 0 bridgehead atoms. The molecule has 15 heavy (non-hydrogen) atoms. The Labute approximate surface area is 91.2 Å². The summed E-state index contributed by atoms with van der Waals surface area (Å²) in [5.41, 5.74) is 0. The van der Waals surface area contributed by atoms with Gasteiger partial charge >= 0.3 is 0 Å². The van der Waals surface area contributed by atoms with Gasteiger partial charge < -0.3 is 9.47 Å². The Morgan fingerprint density at radius 1 is 1.47 bits per heavy atom. The number of hydrogen-bond donors (Lipinski definition) is 0. The van der Waals surface area contributed by atoms with Crippen molar-refractivity contribution in [3.63, 3.8) is 0 Å². The molecular weight excluding hydrogens is 188 g/mol. The van der Waals surface area contributed by atoms with Crippen molar-refractivity contribution in [2.45, 2.75) is 32.8 Å². The first-order valence-corrected chi connectivity index (χ1v) is 5.55. The van der Waals surface area contributed by atoms with E-state index in [4.69, 9.17) is 9.47 Å². The van der Waals surface area contributed by atoms with E-state index in [1.807, 2.05) is 18.2 Å². The van der Waals surface area contributed by atoms with E-state index >= 15 is 0 Å². The number of ether oxygens (including phenoxy) is 2. The monoisotopic (exact) mass is 205 g/mol. The maximum absolute atomic E-state index is 5.84. The first kappa shape index (κ1) is 10.3. The van der Waals surface area contributed by atoms with Gasteiger partial charge in [-0.1, -0.05) is 19.9 Å². The highest BCUT2D eigenvalue weighted by Crippen LogP contribution is 2.31. The highest BCUT2D eigenvalue weighted by Gasteiger charge is 2.20. The minimum Gasteiger partial charge on any atom is -0.486 e. The summed E-state index contributed by atoms with van der Waals surface area (Å²) in [4.78, 5) is 0. The molecule has 0 saturated carbocycles. The van der Waals surface area contributed by atoms with Gasteiger partial charge in [0, 0.05) is 0 Å². The Morgan fingerprint density at radius 2 is 2.33 bits per heavy atom. The van der Waals surface area contributed by atoms with Crippen LogP contribution in [0.1, 0.15) is 26.7 Å². The zero-order chi connectivity index (χ0) is 10.7. The van der Waals surface area contributed by atoms with Crippen LogP contribution in [0, 0.1) is 12.0 Å². The summed E-state index contributed by atoms with van der Waals surface area (Å²) in [6.45, 7) is 5.12. The van der Waals surface area contributed by atoms with E-state index in [-0.39, 0.29) is 6.10 Å². The van der Waals surface area contributed by atoms with Crippen LogP contribution in [0.25, 0.3) is 0 Å². The third-order valence-corrected chi connectivity index (χ3v) is 2.57. The van der Waals surface area contributed by atoms with Gasteiger partial charge in [0.15, 0.2) is 11.5 Å².